The van der Waals surface area contributed by atoms with Gasteiger partial charge < -0.3 is 0 Å². The number of hydrogen-bond donors (Lipinski definition) is 0. The molecule has 0 unspecified atom stereocenters. The molecule has 0 aromatic heterocycles. The molecule has 0 spiro atoms. The molecule has 2 rings (SSSR count). The number of benzene rings is 1. The van der Waals surface area contributed by atoms with E-state index in [0.29, 0.717) is 13.1 Å². The van der Waals surface area contributed by atoms with Crippen molar-refractivity contribution in [3.8, 4) is 0 Å². The van der Waals surface area contributed by atoms with E-state index in [4.69, 9.17) is 11.6 Å². The van der Waals surface area contributed by atoms with E-state index < -0.39 is 10.0 Å². The fraction of sp³-hybridized carbons (Fsp3) is 0.222. The van der Waals surface area contributed by atoms with Crippen LogP contribution in [0.2, 0.25) is 5.02 Å². The Labute approximate surface area is 93.2 Å². The molecule has 0 bridgehead atoms. The van der Waals surface area contributed by atoms with Gasteiger partial charge >= 0.3 is 0 Å². The summed E-state index contributed by atoms with van der Waals surface area (Å²) in [6.45, 7) is 0.886. The van der Waals surface area contributed by atoms with Crippen molar-refractivity contribution in [2.24, 2.45) is 4.99 Å². The van der Waals surface area contributed by atoms with Crippen LogP contribution in [0.25, 0.3) is 0 Å². The molecule has 0 atom stereocenters. The van der Waals surface area contributed by atoms with Gasteiger partial charge in [0.15, 0.2) is 0 Å². The Kier molecular flexibility index (Phi) is 2.67. The number of halogens is 1. The zero-order valence-corrected chi connectivity index (χ0v) is 9.37. The van der Waals surface area contributed by atoms with Gasteiger partial charge in [0.2, 0.25) is 0 Å². The number of rotatable bonds is 2. The van der Waals surface area contributed by atoms with Crippen LogP contribution in [0.5, 0.6) is 0 Å². The van der Waals surface area contributed by atoms with Crippen molar-refractivity contribution in [3.63, 3.8) is 0 Å². The Morgan fingerprint density at radius 1 is 1.33 bits per heavy atom. The molecule has 80 valence electrons. The largest absolute Gasteiger partial charge is 0.273 e. The molecule has 1 aliphatic heterocycles. The summed E-state index contributed by atoms with van der Waals surface area (Å²) in [5.41, 5.74) is 0. The molecule has 0 saturated carbocycles. The summed E-state index contributed by atoms with van der Waals surface area (Å²) in [5.74, 6) is 0. The first-order valence-corrected chi connectivity index (χ1v) is 6.20. The lowest BCUT2D eigenvalue weighted by atomic mass is 10.4. The van der Waals surface area contributed by atoms with Crippen LogP contribution in [-0.4, -0.2) is 32.2 Å². The number of hydrogen-bond acceptors (Lipinski definition) is 3. The van der Waals surface area contributed by atoms with Crippen molar-refractivity contribution in [2.75, 3.05) is 13.1 Å². The maximum absolute atomic E-state index is 12.0. The average Bonchev–Trinajstić information content (AvgIpc) is 2.71. The molecule has 1 aromatic rings. The summed E-state index contributed by atoms with van der Waals surface area (Å²) in [6, 6.07) is 6.39. The summed E-state index contributed by atoms with van der Waals surface area (Å²) < 4.78 is 25.2. The third kappa shape index (κ3) is 1.85. The van der Waals surface area contributed by atoms with Crippen LogP contribution in [-0.2, 0) is 10.0 Å². The van der Waals surface area contributed by atoms with E-state index in [0.717, 1.165) is 0 Å². The minimum absolute atomic E-state index is 0.125. The molecule has 0 N–H and O–H groups in total. The Morgan fingerprint density at radius 3 is 2.67 bits per heavy atom. The van der Waals surface area contributed by atoms with Gasteiger partial charge in [-0.25, -0.2) is 8.42 Å². The Balaban J connectivity index is 2.46. The van der Waals surface area contributed by atoms with E-state index in [9.17, 15) is 8.42 Å². The summed E-state index contributed by atoms with van der Waals surface area (Å²) >= 11 is 5.84. The van der Waals surface area contributed by atoms with E-state index in [2.05, 4.69) is 4.99 Å². The minimum Gasteiger partial charge on any atom is -0.273 e. The molecular weight excluding hydrogens is 236 g/mol. The van der Waals surface area contributed by atoms with Crippen LogP contribution in [0, 0.1) is 0 Å². The van der Waals surface area contributed by atoms with Crippen molar-refractivity contribution >= 4 is 28.0 Å². The molecule has 1 aliphatic rings. The summed E-state index contributed by atoms with van der Waals surface area (Å²) in [7, 11) is -3.52. The van der Waals surface area contributed by atoms with Crippen LogP contribution in [0.3, 0.4) is 0 Å². The third-order valence-corrected chi connectivity index (χ3v) is 4.33. The fourth-order valence-electron chi connectivity index (χ4n) is 1.33. The van der Waals surface area contributed by atoms with Crippen molar-refractivity contribution in [1.29, 1.82) is 0 Å². The SMILES string of the molecule is O=S(=O)(c1ccccc1Cl)N1C=NCC1. The number of sulfonamides is 1. The van der Waals surface area contributed by atoms with E-state index in [-0.39, 0.29) is 9.92 Å². The average molecular weight is 245 g/mol. The van der Waals surface area contributed by atoms with Gasteiger partial charge in [-0.2, -0.15) is 0 Å². The van der Waals surface area contributed by atoms with Crippen molar-refractivity contribution in [1.82, 2.24) is 4.31 Å². The van der Waals surface area contributed by atoms with E-state index >= 15 is 0 Å². The van der Waals surface area contributed by atoms with E-state index in [1.54, 1.807) is 18.2 Å². The molecule has 0 fully saturated rings. The topological polar surface area (TPSA) is 49.7 Å². The maximum atomic E-state index is 12.0. The maximum Gasteiger partial charge on any atom is 0.266 e. The lowest BCUT2D eigenvalue weighted by Gasteiger charge is -2.15. The van der Waals surface area contributed by atoms with Crippen LogP contribution in [0.15, 0.2) is 34.2 Å². The van der Waals surface area contributed by atoms with Gasteiger partial charge in [-0.3, -0.25) is 9.30 Å². The molecule has 1 aromatic carbocycles. The summed E-state index contributed by atoms with van der Waals surface area (Å²) in [6.07, 6.45) is 1.33. The van der Waals surface area contributed by atoms with Gasteiger partial charge in [0, 0.05) is 0 Å². The van der Waals surface area contributed by atoms with Gasteiger partial charge in [-0.1, -0.05) is 23.7 Å². The first-order valence-electron chi connectivity index (χ1n) is 4.39. The first-order chi connectivity index (χ1) is 7.12. The second kappa shape index (κ2) is 3.83. The van der Waals surface area contributed by atoms with Crippen LogP contribution in [0.1, 0.15) is 0 Å². The highest BCUT2D eigenvalue weighted by Crippen LogP contribution is 2.24. The normalized spacial score (nSPS) is 15.9. The molecule has 0 amide bonds. The van der Waals surface area contributed by atoms with Crippen molar-refractivity contribution < 1.29 is 8.42 Å². The standard InChI is InChI=1S/C9H9ClN2O2S/c10-8-3-1-2-4-9(8)15(13,14)12-6-5-11-7-12/h1-4,7H,5-6H2. The lowest BCUT2D eigenvalue weighted by molar-refractivity contribution is 0.541. The van der Waals surface area contributed by atoms with Crippen molar-refractivity contribution in [3.05, 3.63) is 29.3 Å². The van der Waals surface area contributed by atoms with Crippen LogP contribution in [0.4, 0.5) is 0 Å². The third-order valence-electron chi connectivity index (χ3n) is 2.08. The Hall–Kier alpha value is -1.07. The van der Waals surface area contributed by atoms with Crippen molar-refractivity contribution in [2.45, 2.75) is 4.90 Å². The second-order valence-corrected chi connectivity index (χ2v) is 5.33. The highest BCUT2D eigenvalue weighted by molar-refractivity contribution is 7.89. The highest BCUT2D eigenvalue weighted by atomic mass is 35.5. The molecule has 0 aliphatic carbocycles. The summed E-state index contributed by atoms with van der Waals surface area (Å²) in [4.78, 5) is 3.99. The molecule has 0 saturated heterocycles. The van der Waals surface area contributed by atoms with Gasteiger partial charge in [-0.15, -0.1) is 0 Å². The second-order valence-electron chi connectivity index (χ2n) is 3.07. The van der Waals surface area contributed by atoms with E-state index in [1.165, 1.54) is 16.7 Å². The monoisotopic (exact) mass is 244 g/mol. The van der Waals surface area contributed by atoms with E-state index in [1.807, 2.05) is 0 Å². The van der Waals surface area contributed by atoms with Gasteiger partial charge in [0.25, 0.3) is 10.0 Å². The van der Waals surface area contributed by atoms with Crippen LogP contribution >= 0.6 is 11.6 Å². The minimum atomic E-state index is -3.52. The smallest absolute Gasteiger partial charge is 0.266 e. The molecule has 4 nitrogen and oxygen atoms in total. The van der Waals surface area contributed by atoms with Gasteiger partial charge in [0.1, 0.15) is 4.90 Å². The molecule has 15 heavy (non-hydrogen) atoms. The molecule has 0 radical (unpaired) electrons. The predicted octanol–water partition coefficient (Wildman–Crippen LogP) is 1.37. The molecule has 1 heterocycles. The van der Waals surface area contributed by atoms with Gasteiger partial charge in [0.05, 0.1) is 24.5 Å². The number of aliphatic imine (C=N–C) groups is 1. The Morgan fingerprint density at radius 2 is 2.07 bits per heavy atom. The lowest BCUT2D eigenvalue weighted by Crippen LogP contribution is -2.28. The zero-order valence-electron chi connectivity index (χ0n) is 7.80. The van der Waals surface area contributed by atoms with Gasteiger partial charge in [-0.05, 0) is 12.1 Å². The first kappa shape index (κ1) is 10.4. The highest BCUT2D eigenvalue weighted by Gasteiger charge is 2.25. The zero-order chi connectivity index (χ0) is 10.9. The summed E-state index contributed by atoms with van der Waals surface area (Å²) in [5, 5.41) is 0.234. The fourth-order valence-corrected chi connectivity index (χ4v) is 3.08. The molecular formula is C9H9ClN2O2S. The quantitative estimate of drug-likeness (QED) is 0.789. The van der Waals surface area contributed by atoms with Crippen LogP contribution < -0.4 is 0 Å². The Bertz CT molecular complexity index is 499. The predicted molar refractivity (Wildman–Crippen MR) is 58.7 cm³/mol. The number of nitrogens with zero attached hydrogens (tertiary/aromatic N) is 2. The molecule has 6 heteroatoms.